The average Bonchev–Trinajstić information content (AvgIpc) is 3.39. The first-order chi connectivity index (χ1) is 16.4. The number of carbonyl (C=O) groups excluding carboxylic acids is 4. The average molecular weight is 519 g/mol. The smallest absolute Gasteiger partial charge is 0.459 e. The van der Waals surface area contributed by atoms with E-state index in [1.165, 1.54) is 0 Å². The lowest BCUT2D eigenvalue weighted by molar-refractivity contribution is -0.201. The molecule has 7 fully saturated rings. The molecule has 7 unspecified atom stereocenters. The van der Waals surface area contributed by atoms with Crippen LogP contribution >= 0.6 is 0 Å². The Morgan fingerprint density at radius 1 is 1.06 bits per heavy atom. The number of ketones is 1. The number of esters is 2. The van der Waals surface area contributed by atoms with E-state index in [-0.39, 0.29) is 54.7 Å². The minimum atomic E-state index is -6.08. The SMILES string of the molecule is O=C(NOC1C2CC3C(=O)OC1C3C2)OS(=O)(=O)C(F)(F)C(=O)OC12CC3CC(C1)C(=O)C(C3)C2. The van der Waals surface area contributed by atoms with Crippen LogP contribution in [-0.2, 0) is 43.0 Å². The van der Waals surface area contributed by atoms with Crippen LogP contribution in [0.3, 0.4) is 0 Å². The molecule has 1 aliphatic heterocycles. The zero-order valence-corrected chi connectivity index (χ0v) is 19.1. The molecule has 1 saturated heterocycles. The van der Waals surface area contributed by atoms with Crippen LogP contribution in [0.2, 0.25) is 0 Å². The molecule has 14 heteroatoms. The van der Waals surface area contributed by atoms with Crippen molar-refractivity contribution in [2.45, 2.75) is 68.0 Å². The van der Waals surface area contributed by atoms with E-state index in [2.05, 4.69) is 4.18 Å². The number of nitrogens with one attached hydrogen (secondary N) is 1. The minimum absolute atomic E-state index is 0.0328. The predicted molar refractivity (Wildman–Crippen MR) is 105 cm³/mol. The molecule has 1 N–H and O–H groups in total. The molecule has 0 spiro atoms. The van der Waals surface area contributed by atoms with Crippen LogP contribution in [0.15, 0.2) is 0 Å². The van der Waals surface area contributed by atoms with E-state index >= 15 is 0 Å². The second-order valence-electron chi connectivity index (χ2n) is 10.7. The van der Waals surface area contributed by atoms with E-state index in [0.717, 1.165) is 0 Å². The van der Waals surface area contributed by atoms with Crippen molar-refractivity contribution in [3.63, 3.8) is 0 Å². The predicted octanol–water partition coefficient (Wildman–Crippen LogP) is 1.21. The van der Waals surface area contributed by atoms with Crippen molar-refractivity contribution in [3.05, 3.63) is 0 Å². The summed E-state index contributed by atoms with van der Waals surface area (Å²) >= 11 is 0. The molecule has 0 aromatic rings. The van der Waals surface area contributed by atoms with Crippen LogP contribution < -0.4 is 5.48 Å². The molecule has 7 atom stereocenters. The van der Waals surface area contributed by atoms with Gasteiger partial charge in [0.2, 0.25) is 0 Å². The number of rotatable bonds is 6. The molecule has 0 aromatic carbocycles. The fourth-order valence-electron chi connectivity index (χ4n) is 7.51. The van der Waals surface area contributed by atoms with Gasteiger partial charge in [0.05, 0.1) is 5.92 Å². The first-order valence-corrected chi connectivity index (χ1v) is 13.0. The monoisotopic (exact) mass is 519 g/mol. The van der Waals surface area contributed by atoms with Gasteiger partial charge in [0.25, 0.3) is 0 Å². The Hall–Kier alpha value is -2.35. The fraction of sp³-hybridized carbons (Fsp3) is 0.810. The topological polar surface area (TPSA) is 151 Å². The van der Waals surface area contributed by atoms with Crippen molar-refractivity contribution in [1.29, 1.82) is 0 Å². The van der Waals surface area contributed by atoms with Gasteiger partial charge in [-0.05, 0) is 56.8 Å². The van der Waals surface area contributed by atoms with Crippen LogP contribution in [0.4, 0.5) is 13.6 Å². The van der Waals surface area contributed by atoms with Crippen molar-refractivity contribution in [2.24, 2.45) is 35.5 Å². The second-order valence-corrected chi connectivity index (χ2v) is 12.3. The third-order valence-corrected chi connectivity index (χ3v) is 9.84. The summed E-state index contributed by atoms with van der Waals surface area (Å²) in [5.74, 6) is -3.84. The van der Waals surface area contributed by atoms with Crippen molar-refractivity contribution in [3.8, 4) is 0 Å². The number of fused-ring (bicyclic) bond motifs is 1. The van der Waals surface area contributed by atoms with Crippen LogP contribution in [0.1, 0.15) is 44.9 Å². The van der Waals surface area contributed by atoms with Gasteiger partial charge in [0.15, 0.2) is 0 Å². The van der Waals surface area contributed by atoms with Crippen LogP contribution in [0.5, 0.6) is 0 Å². The van der Waals surface area contributed by atoms with Crippen molar-refractivity contribution in [1.82, 2.24) is 5.48 Å². The molecule has 7 rings (SSSR count). The van der Waals surface area contributed by atoms with E-state index in [9.17, 15) is 36.4 Å². The molecular formula is C21H23F2NO10S. The van der Waals surface area contributed by atoms with Crippen LogP contribution in [0, 0.1) is 35.5 Å². The number of alkyl halides is 2. The number of hydroxylamine groups is 1. The first-order valence-electron chi connectivity index (χ1n) is 11.6. The fourth-order valence-corrected chi connectivity index (χ4v) is 8.09. The number of ether oxygens (including phenoxy) is 2. The van der Waals surface area contributed by atoms with E-state index in [1.54, 1.807) is 5.48 Å². The Balaban J connectivity index is 1.07. The molecule has 0 radical (unpaired) electrons. The van der Waals surface area contributed by atoms with Crippen molar-refractivity contribution < 1.29 is 54.9 Å². The van der Waals surface area contributed by atoms with Gasteiger partial charge < -0.3 is 13.7 Å². The zero-order chi connectivity index (χ0) is 24.9. The summed E-state index contributed by atoms with van der Waals surface area (Å²) < 4.78 is 67.6. The standard InChI is InChI=1S/C21H23F2NO10S/c22-21(23,18(27)32-20-5-8-1-10(6-20)14(25)11(2-8)7-20)35(29,30)34-19(28)24-33-15-9-3-12-13(4-9)17(26)31-16(12)15/h8-13,15-16H,1-7H2,(H,24,28). The number of hydrogen-bond acceptors (Lipinski definition) is 10. The minimum Gasteiger partial charge on any atom is -0.459 e. The normalized spacial score (nSPS) is 42.8. The number of carbonyl (C=O) groups is 4. The van der Waals surface area contributed by atoms with Crippen molar-refractivity contribution >= 4 is 33.9 Å². The number of hydrogen-bond donors (Lipinski definition) is 1. The molecule has 7 aliphatic rings. The number of Topliss-reactive ketones (excluding diaryl/α,β-unsaturated/α-hetero) is 1. The molecule has 6 saturated carbocycles. The summed E-state index contributed by atoms with van der Waals surface area (Å²) in [7, 11) is -6.08. The van der Waals surface area contributed by atoms with Gasteiger partial charge in [-0.2, -0.15) is 22.7 Å². The summed E-state index contributed by atoms with van der Waals surface area (Å²) in [6.45, 7) is 0. The van der Waals surface area contributed by atoms with Gasteiger partial charge in [0, 0.05) is 17.8 Å². The molecule has 6 aliphatic carbocycles. The third-order valence-electron chi connectivity index (χ3n) is 8.68. The lowest BCUT2D eigenvalue weighted by Gasteiger charge is -2.54. The van der Waals surface area contributed by atoms with Gasteiger partial charge in [0.1, 0.15) is 23.6 Å². The lowest BCUT2D eigenvalue weighted by Crippen LogP contribution is -2.58. The van der Waals surface area contributed by atoms with E-state index in [4.69, 9.17) is 14.3 Å². The Morgan fingerprint density at radius 3 is 2.43 bits per heavy atom. The maximum absolute atomic E-state index is 14.6. The molecule has 6 bridgehead atoms. The summed E-state index contributed by atoms with van der Waals surface area (Å²) in [5.41, 5.74) is 0.322. The van der Waals surface area contributed by atoms with Crippen LogP contribution in [-0.4, -0.2) is 55.3 Å². The molecule has 192 valence electrons. The van der Waals surface area contributed by atoms with E-state index < -0.39 is 57.1 Å². The first kappa shape index (κ1) is 23.1. The Morgan fingerprint density at radius 2 is 1.74 bits per heavy atom. The number of halogens is 2. The zero-order valence-electron chi connectivity index (χ0n) is 18.3. The second kappa shape index (κ2) is 7.34. The van der Waals surface area contributed by atoms with Gasteiger partial charge in [-0.3, -0.25) is 14.4 Å². The highest BCUT2D eigenvalue weighted by atomic mass is 32.2. The summed E-state index contributed by atoms with van der Waals surface area (Å²) in [6, 6.07) is 0. The molecule has 0 aromatic heterocycles. The third kappa shape index (κ3) is 3.39. The highest BCUT2D eigenvalue weighted by Crippen LogP contribution is 2.56. The van der Waals surface area contributed by atoms with Gasteiger partial charge in [-0.15, -0.1) is 0 Å². The molecular weight excluding hydrogens is 496 g/mol. The van der Waals surface area contributed by atoms with E-state index in [0.29, 0.717) is 25.7 Å². The summed E-state index contributed by atoms with van der Waals surface area (Å²) in [4.78, 5) is 53.4. The molecule has 11 nitrogen and oxygen atoms in total. The molecule has 1 amide bonds. The molecule has 1 heterocycles. The molecule has 35 heavy (non-hydrogen) atoms. The number of amides is 1. The van der Waals surface area contributed by atoms with E-state index in [1.807, 2.05) is 0 Å². The van der Waals surface area contributed by atoms with Gasteiger partial charge in [-0.25, -0.2) is 9.59 Å². The lowest BCUT2D eigenvalue weighted by atomic mass is 9.53. The Bertz CT molecular complexity index is 1110. The van der Waals surface area contributed by atoms with Gasteiger partial charge >= 0.3 is 33.4 Å². The summed E-state index contributed by atoms with van der Waals surface area (Å²) in [5, 5.41) is -5.17. The van der Waals surface area contributed by atoms with Crippen molar-refractivity contribution in [2.75, 3.05) is 0 Å². The Labute approximate surface area is 198 Å². The maximum atomic E-state index is 14.6. The quantitative estimate of drug-likeness (QED) is 0.308. The Kier molecular flexibility index (Phi) is 4.84. The van der Waals surface area contributed by atoms with Gasteiger partial charge in [-0.1, -0.05) is 0 Å². The van der Waals surface area contributed by atoms with Crippen LogP contribution in [0.25, 0.3) is 0 Å². The highest BCUT2D eigenvalue weighted by Gasteiger charge is 2.64. The summed E-state index contributed by atoms with van der Waals surface area (Å²) in [6.07, 6.45) is -0.500. The highest BCUT2D eigenvalue weighted by molar-refractivity contribution is 7.89. The maximum Gasteiger partial charge on any atom is 0.477 e. The largest absolute Gasteiger partial charge is 0.477 e.